The SMILES string of the molecule is [B]C([B])([B])N(C=C)c1c(N(C)CC(F)F)cc(Nc2cc(F)cc3c(Cl)nccc23)c(C(NC=C)c2ccccc2Cl)c1C. The number of nitrogens with zero attached hydrogens (tertiary/aromatic N) is 3. The molecule has 1 heterocycles. The highest BCUT2D eigenvalue weighted by Crippen LogP contribution is 2.46. The summed E-state index contributed by atoms with van der Waals surface area (Å²) in [6, 6.07) is 12.4. The van der Waals surface area contributed by atoms with Crippen molar-refractivity contribution in [1.29, 1.82) is 0 Å². The fraction of sp³-hybridized carbons (Fsp3) is 0.194. The van der Waals surface area contributed by atoms with E-state index in [1.165, 1.54) is 47.6 Å². The monoisotopic (exact) mass is 629 g/mol. The van der Waals surface area contributed by atoms with E-state index in [4.69, 9.17) is 46.7 Å². The van der Waals surface area contributed by atoms with Gasteiger partial charge in [-0.2, -0.15) is 0 Å². The highest BCUT2D eigenvalue weighted by atomic mass is 35.5. The molecule has 2 N–H and O–H groups in total. The normalized spacial score (nSPS) is 12.2. The van der Waals surface area contributed by atoms with Crippen LogP contribution >= 0.6 is 23.2 Å². The van der Waals surface area contributed by atoms with Gasteiger partial charge in [-0.1, -0.05) is 59.8 Å². The predicted octanol–water partition coefficient (Wildman–Crippen LogP) is 7.32. The van der Waals surface area contributed by atoms with Crippen molar-refractivity contribution in [1.82, 2.24) is 10.3 Å². The van der Waals surface area contributed by atoms with Crippen LogP contribution in [0.25, 0.3) is 10.8 Å². The molecule has 0 aliphatic carbocycles. The van der Waals surface area contributed by atoms with Gasteiger partial charge in [-0.15, -0.1) is 0 Å². The summed E-state index contributed by atoms with van der Waals surface area (Å²) in [5, 5.41) is 6.12. The average molecular weight is 630 g/mol. The molecule has 1 atom stereocenters. The minimum atomic E-state index is -2.68. The highest BCUT2D eigenvalue weighted by Gasteiger charge is 2.31. The summed E-state index contributed by atoms with van der Waals surface area (Å²) < 4.78 is 42.4. The number of benzene rings is 3. The van der Waals surface area contributed by atoms with E-state index in [2.05, 4.69) is 28.8 Å². The lowest BCUT2D eigenvalue weighted by Crippen LogP contribution is -2.48. The molecule has 220 valence electrons. The number of aromatic nitrogens is 1. The first-order chi connectivity index (χ1) is 20.8. The van der Waals surface area contributed by atoms with Crippen LogP contribution in [0.15, 0.2) is 80.3 Å². The van der Waals surface area contributed by atoms with E-state index in [1.807, 2.05) is 12.1 Å². The second-order valence-electron chi connectivity index (χ2n) is 10.1. The molecular weight excluding hydrogens is 603 g/mol. The molecule has 1 unspecified atom stereocenters. The molecule has 1 aromatic heterocycles. The molecule has 3 aromatic carbocycles. The van der Waals surface area contributed by atoms with E-state index >= 15 is 0 Å². The van der Waals surface area contributed by atoms with Gasteiger partial charge in [0.2, 0.25) is 0 Å². The maximum atomic E-state index is 14.9. The third kappa shape index (κ3) is 6.84. The van der Waals surface area contributed by atoms with Gasteiger partial charge in [-0.3, -0.25) is 0 Å². The number of halogens is 5. The second-order valence-corrected chi connectivity index (χ2v) is 10.9. The molecular formula is C31H27B3Cl2F3N5. The number of hydrogen-bond acceptors (Lipinski definition) is 5. The number of pyridine rings is 1. The van der Waals surface area contributed by atoms with Crippen molar-refractivity contribution in [3.63, 3.8) is 0 Å². The third-order valence-electron chi connectivity index (χ3n) is 7.09. The lowest BCUT2D eigenvalue weighted by Gasteiger charge is -2.41. The Morgan fingerprint density at radius 1 is 1.05 bits per heavy atom. The van der Waals surface area contributed by atoms with E-state index in [9.17, 15) is 13.2 Å². The quantitative estimate of drug-likeness (QED) is 0.127. The lowest BCUT2D eigenvalue weighted by molar-refractivity contribution is 0.156. The van der Waals surface area contributed by atoms with Crippen LogP contribution in [0, 0.1) is 12.7 Å². The molecule has 0 bridgehead atoms. The number of anilines is 4. The molecule has 5 nitrogen and oxygen atoms in total. The van der Waals surface area contributed by atoms with Crippen LogP contribution in [0.4, 0.5) is 35.9 Å². The molecule has 0 amide bonds. The molecule has 0 aliphatic heterocycles. The summed E-state index contributed by atoms with van der Waals surface area (Å²) in [6.07, 6.45) is 1.64. The number of alkyl halides is 2. The fourth-order valence-corrected chi connectivity index (χ4v) is 5.70. The minimum absolute atomic E-state index is 0.114. The largest absolute Gasteiger partial charge is 0.380 e. The van der Waals surface area contributed by atoms with Crippen LogP contribution in [-0.2, 0) is 0 Å². The summed E-state index contributed by atoms with van der Waals surface area (Å²) in [4.78, 5) is 6.71. The summed E-state index contributed by atoms with van der Waals surface area (Å²) in [7, 11) is 20.0. The van der Waals surface area contributed by atoms with Gasteiger partial charge in [-0.05, 0) is 60.8 Å². The number of fused-ring (bicyclic) bond motifs is 1. The molecule has 13 heteroatoms. The zero-order chi connectivity index (χ0) is 32.3. The first-order valence-electron chi connectivity index (χ1n) is 13.4. The second kappa shape index (κ2) is 13.5. The van der Waals surface area contributed by atoms with Crippen molar-refractivity contribution in [2.75, 3.05) is 28.7 Å². The van der Waals surface area contributed by atoms with Crippen molar-refractivity contribution in [2.24, 2.45) is 0 Å². The number of rotatable bonds is 12. The van der Waals surface area contributed by atoms with Gasteiger partial charge in [0.15, 0.2) is 0 Å². The predicted molar refractivity (Wildman–Crippen MR) is 180 cm³/mol. The van der Waals surface area contributed by atoms with Crippen molar-refractivity contribution in [3.8, 4) is 0 Å². The third-order valence-corrected chi connectivity index (χ3v) is 7.74. The summed E-state index contributed by atoms with van der Waals surface area (Å²) >= 11 is 13.0. The Morgan fingerprint density at radius 3 is 2.36 bits per heavy atom. The average Bonchev–Trinajstić information content (AvgIpc) is 2.93. The van der Waals surface area contributed by atoms with Gasteiger partial charge in [0.1, 0.15) is 11.0 Å². The summed E-state index contributed by atoms with van der Waals surface area (Å²) in [5.41, 5.74) is 3.14. The Hall–Kier alpha value is -3.69. The van der Waals surface area contributed by atoms with Crippen LogP contribution < -0.4 is 20.4 Å². The van der Waals surface area contributed by atoms with Gasteiger partial charge in [0, 0.05) is 46.0 Å². The van der Waals surface area contributed by atoms with E-state index < -0.39 is 30.1 Å². The molecule has 4 rings (SSSR count). The first kappa shape index (κ1) is 33.2. The fourth-order valence-electron chi connectivity index (χ4n) is 5.24. The summed E-state index contributed by atoms with van der Waals surface area (Å²) in [6.45, 7) is 8.80. The molecule has 0 fully saturated rings. The molecule has 0 spiro atoms. The van der Waals surface area contributed by atoms with Gasteiger partial charge in [0.25, 0.3) is 6.43 Å². The van der Waals surface area contributed by atoms with Crippen molar-refractivity contribution >= 4 is 80.3 Å². The van der Waals surface area contributed by atoms with E-state index in [1.54, 1.807) is 31.2 Å². The van der Waals surface area contributed by atoms with E-state index in [0.717, 1.165) is 0 Å². The minimum Gasteiger partial charge on any atom is -0.380 e. The molecule has 0 aliphatic rings. The van der Waals surface area contributed by atoms with E-state index in [-0.39, 0.29) is 10.8 Å². The van der Waals surface area contributed by atoms with Gasteiger partial charge < -0.3 is 20.4 Å². The lowest BCUT2D eigenvalue weighted by atomic mass is 9.48. The Kier molecular flexibility index (Phi) is 10.2. The number of nitrogens with one attached hydrogen (secondary N) is 2. The van der Waals surface area contributed by atoms with E-state index in [0.29, 0.717) is 49.5 Å². The number of hydrogen-bond donors (Lipinski definition) is 2. The maximum absolute atomic E-state index is 14.9. The Labute approximate surface area is 269 Å². The van der Waals surface area contributed by atoms with Gasteiger partial charge in [0.05, 0.1) is 47.5 Å². The molecule has 6 radical (unpaired) electrons. The van der Waals surface area contributed by atoms with Gasteiger partial charge >= 0.3 is 0 Å². The highest BCUT2D eigenvalue weighted by molar-refractivity contribution is 6.61. The van der Waals surface area contributed by atoms with Crippen LogP contribution in [0.5, 0.6) is 0 Å². The Morgan fingerprint density at radius 2 is 1.75 bits per heavy atom. The van der Waals surface area contributed by atoms with Crippen molar-refractivity contribution in [2.45, 2.75) is 24.6 Å². The summed E-state index contributed by atoms with van der Waals surface area (Å²) in [5.74, 6) is -0.566. The smallest absolute Gasteiger partial charge is 0.255 e. The zero-order valence-electron chi connectivity index (χ0n) is 24.1. The molecule has 4 aromatic rings. The van der Waals surface area contributed by atoms with Crippen LogP contribution in [0.3, 0.4) is 0 Å². The molecule has 0 saturated carbocycles. The van der Waals surface area contributed by atoms with Gasteiger partial charge in [-0.25, -0.2) is 18.2 Å². The Bertz CT molecular complexity index is 1700. The molecule has 44 heavy (non-hydrogen) atoms. The van der Waals surface area contributed by atoms with Crippen molar-refractivity contribution < 1.29 is 13.2 Å². The first-order valence-corrected chi connectivity index (χ1v) is 14.1. The molecule has 0 saturated heterocycles. The van der Waals surface area contributed by atoms with Crippen LogP contribution in [-0.4, -0.2) is 53.8 Å². The standard InChI is InChI=1S/C31H27B3Cl2F3N5/c1-5-40-28(20-9-7-8-10-22(20)35)27-17(3)29(44(6-2)31(32,33)34)25(43(4)16-26(38)39)15-24(27)42-23-14-18(37)13-21-19(23)11-12-41-30(21)36/h5-15,26,28,40,42H,1-2,16H2,3-4H3. The van der Waals surface area contributed by atoms with Crippen LogP contribution in [0.2, 0.25) is 10.2 Å². The maximum Gasteiger partial charge on any atom is 0.255 e. The topological polar surface area (TPSA) is 43.4 Å². The zero-order valence-corrected chi connectivity index (χ0v) is 25.6. The Balaban J connectivity index is 2.14. The van der Waals surface area contributed by atoms with Crippen molar-refractivity contribution in [3.05, 3.63) is 113 Å². The van der Waals surface area contributed by atoms with Crippen LogP contribution in [0.1, 0.15) is 22.7 Å².